The standard InChI is InChI=1S/C13H15NO3S2/c1-3-10-9-11(6-7-12(10)17-2)14-19(15,16)13-5-4-8-18-13/h4-9,14H,3H2,1-2H3. The van der Waals surface area contributed by atoms with Crippen LogP contribution in [-0.4, -0.2) is 15.5 Å². The SMILES string of the molecule is CCc1cc(NS(=O)(=O)c2cccs2)ccc1OC. The van der Waals surface area contributed by atoms with Crippen LogP contribution in [0.25, 0.3) is 0 Å². The van der Waals surface area contributed by atoms with Crippen molar-refractivity contribution in [2.24, 2.45) is 0 Å². The van der Waals surface area contributed by atoms with E-state index in [2.05, 4.69) is 4.72 Å². The van der Waals surface area contributed by atoms with E-state index in [0.29, 0.717) is 9.90 Å². The molecule has 0 fully saturated rings. The Balaban J connectivity index is 2.29. The third kappa shape index (κ3) is 3.08. The molecule has 1 heterocycles. The molecule has 0 saturated carbocycles. The molecule has 0 spiro atoms. The van der Waals surface area contributed by atoms with Crippen molar-refractivity contribution in [1.29, 1.82) is 0 Å². The first-order valence-corrected chi connectivity index (χ1v) is 8.16. The molecule has 0 aliphatic heterocycles. The van der Waals surface area contributed by atoms with E-state index in [-0.39, 0.29) is 0 Å². The van der Waals surface area contributed by atoms with Gasteiger partial charge in [-0.15, -0.1) is 11.3 Å². The predicted octanol–water partition coefficient (Wildman–Crippen LogP) is 3.12. The highest BCUT2D eigenvalue weighted by molar-refractivity contribution is 7.94. The van der Waals surface area contributed by atoms with Crippen LogP contribution in [0.15, 0.2) is 39.9 Å². The molecule has 0 amide bonds. The number of rotatable bonds is 5. The lowest BCUT2D eigenvalue weighted by Crippen LogP contribution is -2.11. The summed E-state index contributed by atoms with van der Waals surface area (Å²) in [7, 11) is -1.89. The summed E-state index contributed by atoms with van der Waals surface area (Å²) in [5.74, 6) is 0.765. The van der Waals surface area contributed by atoms with Crippen molar-refractivity contribution in [3.8, 4) is 5.75 Å². The van der Waals surface area contributed by atoms with Crippen LogP contribution in [0.4, 0.5) is 5.69 Å². The molecule has 2 rings (SSSR count). The smallest absolute Gasteiger partial charge is 0.271 e. The Morgan fingerprint density at radius 3 is 2.68 bits per heavy atom. The number of aryl methyl sites for hydroxylation is 1. The number of methoxy groups -OCH3 is 1. The summed E-state index contributed by atoms with van der Waals surface area (Å²) in [4.78, 5) is 0. The normalized spacial score (nSPS) is 11.3. The minimum Gasteiger partial charge on any atom is -0.496 e. The van der Waals surface area contributed by atoms with E-state index in [1.54, 1.807) is 42.8 Å². The molecule has 0 aliphatic carbocycles. The molecule has 0 unspecified atom stereocenters. The Bertz CT molecular complexity index is 649. The van der Waals surface area contributed by atoms with Gasteiger partial charge in [-0.25, -0.2) is 8.42 Å². The molecule has 4 nitrogen and oxygen atoms in total. The molecule has 102 valence electrons. The monoisotopic (exact) mass is 297 g/mol. The quantitative estimate of drug-likeness (QED) is 0.922. The van der Waals surface area contributed by atoms with Gasteiger partial charge in [0.1, 0.15) is 9.96 Å². The number of ether oxygens (including phenoxy) is 1. The number of thiophene rings is 1. The van der Waals surface area contributed by atoms with Crippen LogP contribution in [-0.2, 0) is 16.4 Å². The van der Waals surface area contributed by atoms with Gasteiger partial charge in [0, 0.05) is 5.69 Å². The van der Waals surface area contributed by atoms with Gasteiger partial charge >= 0.3 is 0 Å². The average molecular weight is 297 g/mol. The molecule has 1 aromatic heterocycles. The average Bonchev–Trinajstić information content (AvgIpc) is 2.93. The van der Waals surface area contributed by atoms with E-state index in [0.717, 1.165) is 17.7 Å². The van der Waals surface area contributed by atoms with Crippen molar-refractivity contribution in [2.45, 2.75) is 17.6 Å². The first-order valence-electron chi connectivity index (χ1n) is 5.80. The van der Waals surface area contributed by atoms with E-state index in [4.69, 9.17) is 4.74 Å². The molecule has 0 saturated heterocycles. The molecular formula is C13H15NO3S2. The van der Waals surface area contributed by atoms with Gasteiger partial charge in [0.05, 0.1) is 7.11 Å². The first kappa shape index (κ1) is 13.9. The zero-order chi connectivity index (χ0) is 13.9. The minimum absolute atomic E-state index is 0.307. The van der Waals surface area contributed by atoms with Crippen LogP contribution in [0.2, 0.25) is 0 Å². The van der Waals surface area contributed by atoms with Crippen LogP contribution in [0.1, 0.15) is 12.5 Å². The molecular weight excluding hydrogens is 282 g/mol. The highest BCUT2D eigenvalue weighted by Crippen LogP contribution is 2.25. The van der Waals surface area contributed by atoms with Crippen molar-refractivity contribution in [3.63, 3.8) is 0 Å². The van der Waals surface area contributed by atoms with Gasteiger partial charge in [-0.1, -0.05) is 13.0 Å². The first-order chi connectivity index (χ1) is 9.06. The molecule has 19 heavy (non-hydrogen) atoms. The van der Waals surface area contributed by atoms with Crippen LogP contribution in [0, 0.1) is 0 Å². The number of anilines is 1. The second-order valence-electron chi connectivity index (χ2n) is 3.92. The Morgan fingerprint density at radius 2 is 2.11 bits per heavy atom. The fourth-order valence-electron chi connectivity index (χ4n) is 1.74. The summed E-state index contributed by atoms with van der Waals surface area (Å²) in [6.45, 7) is 2.00. The fourth-order valence-corrected chi connectivity index (χ4v) is 3.78. The number of hydrogen-bond acceptors (Lipinski definition) is 4. The third-order valence-corrected chi connectivity index (χ3v) is 5.45. The maximum absolute atomic E-state index is 12.1. The van der Waals surface area contributed by atoms with Crippen molar-refractivity contribution < 1.29 is 13.2 Å². The van der Waals surface area contributed by atoms with Gasteiger partial charge in [0.25, 0.3) is 10.0 Å². The summed E-state index contributed by atoms with van der Waals surface area (Å²) < 4.78 is 32.3. The Morgan fingerprint density at radius 1 is 1.32 bits per heavy atom. The number of benzene rings is 1. The molecule has 0 radical (unpaired) electrons. The Labute approximate surface area is 117 Å². The second-order valence-corrected chi connectivity index (χ2v) is 6.77. The van der Waals surface area contributed by atoms with Gasteiger partial charge in [0.2, 0.25) is 0 Å². The van der Waals surface area contributed by atoms with E-state index in [9.17, 15) is 8.42 Å². The molecule has 1 N–H and O–H groups in total. The minimum atomic E-state index is -3.49. The van der Waals surface area contributed by atoms with E-state index in [1.165, 1.54) is 11.3 Å². The fraction of sp³-hybridized carbons (Fsp3) is 0.231. The maximum atomic E-state index is 12.1. The lowest BCUT2D eigenvalue weighted by Gasteiger charge is -2.11. The molecule has 0 aliphatic rings. The zero-order valence-electron chi connectivity index (χ0n) is 10.7. The summed E-state index contributed by atoms with van der Waals surface area (Å²) in [6.07, 6.45) is 0.776. The van der Waals surface area contributed by atoms with Crippen molar-refractivity contribution >= 4 is 27.0 Å². The maximum Gasteiger partial charge on any atom is 0.271 e. The number of sulfonamides is 1. The van der Waals surface area contributed by atoms with Crippen molar-refractivity contribution in [1.82, 2.24) is 0 Å². The number of nitrogens with one attached hydrogen (secondary N) is 1. The van der Waals surface area contributed by atoms with Crippen molar-refractivity contribution in [3.05, 3.63) is 41.3 Å². The van der Waals surface area contributed by atoms with Gasteiger partial charge in [-0.2, -0.15) is 0 Å². The molecule has 1 aromatic carbocycles. The molecule has 2 aromatic rings. The van der Waals surface area contributed by atoms with Crippen LogP contribution in [0.3, 0.4) is 0 Å². The van der Waals surface area contributed by atoms with Crippen LogP contribution in [0.5, 0.6) is 5.75 Å². The lowest BCUT2D eigenvalue weighted by atomic mass is 10.1. The van der Waals surface area contributed by atoms with Crippen molar-refractivity contribution in [2.75, 3.05) is 11.8 Å². The highest BCUT2D eigenvalue weighted by atomic mass is 32.2. The van der Waals surface area contributed by atoms with E-state index < -0.39 is 10.0 Å². The Hall–Kier alpha value is -1.53. The van der Waals surface area contributed by atoms with Gasteiger partial charge in [-0.05, 0) is 41.6 Å². The van der Waals surface area contributed by atoms with E-state index in [1.807, 2.05) is 6.92 Å². The zero-order valence-corrected chi connectivity index (χ0v) is 12.3. The van der Waals surface area contributed by atoms with Gasteiger partial charge < -0.3 is 4.74 Å². The topological polar surface area (TPSA) is 55.4 Å². The Kier molecular flexibility index (Phi) is 4.11. The largest absolute Gasteiger partial charge is 0.496 e. The van der Waals surface area contributed by atoms with Crippen LogP contribution < -0.4 is 9.46 Å². The van der Waals surface area contributed by atoms with Gasteiger partial charge in [-0.3, -0.25) is 4.72 Å². The molecule has 6 heteroatoms. The molecule has 0 bridgehead atoms. The summed E-state index contributed by atoms with van der Waals surface area (Å²) in [6, 6.07) is 8.56. The highest BCUT2D eigenvalue weighted by Gasteiger charge is 2.15. The summed E-state index contributed by atoms with van der Waals surface area (Å²) in [5, 5.41) is 1.74. The summed E-state index contributed by atoms with van der Waals surface area (Å²) >= 11 is 1.19. The van der Waals surface area contributed by atoms with Gasteiger partial charge in [0.15, 0.2) is 0 Å². The van der Waals surface area contributed by atoms with E-state index >= 15 is 0 Å². The third-order valence-electron chi connectivity index (χ3n) is 2.67. The molecule has 0 atom stereocenters. The second kappa shape index (κ2) is 5.63. The summed E-state index contributed by atoms with van der Waals surface area (Å²) in [5.41, 5.74) is 1.51. The van der Waals surface area contributed by atoms with Crippen LogP contribution >= 0.6 is 11.3 Å². The predicted molar refractivity (Wildman–Crippen MR) is 77.5 cm³/mol. The lowest BCUT2D eigenvalue weighted by molar-refractivity contribution is 0.410. The number of hydrogen-bond donors (Lipinski definition) is 1.